The molecule has 0 aliphatic heterocycles. The van der Waals surface area contributed by atoms with Gasteiger partial charge in [-0.15, -0.1) is 24.0 Å². The third-order valence-electron chi connectivity index (χ3n) is 5.83. The molecule has 1 saturated carbocycles. The molecule has 0 bridgehead atoms. The molecule has 0 unspecified atom stereocenters. The highest BCUT2D eigenvalue weighted by Gasteiger charge is 2.31. The Bertz CT molecular complexity index is 750. The van der Waals surface area contributed by atoms with E-state index in [0.29, 0.717) is 6.54 Å². The predicted octanol–water partition coefficient (Wildman–Crippen LogP) is 3.94. The number of aliphatic imine (C=N–C) groups is 1. The first-order valence-electron chi connectivity index (χ1n) is 10.9. The lowest BCUT2D eigenvalue weighted by molar-refractivity contribution is 0.131. The zero-order valence-electron chi connectivity index (χ0n) is 18.0. The number of hydrogen-bond donors (Lipinski definition) is 3. The maximum Gasteiger partial charge on any atom is 0.191 e. The van der Waals surface area contributed by atoms with Crippen molar-refractivity contribution in [3.63, 3.8) is 0 Å². The van der Waals surface area contributed by atoms with Gasteiger partial charge >= 0.3 is 0 Å². The number of aliphatic hydroxyl groups excluding tert-OH is 1. The Kier molecular flexibility index (Phi) is 10.6. The molecule has 3 N–H and O–H groups in total. The van der Waals surface area contributed by atoms with Crippen molar-refractivity contribution in [2.75, 3.05) is 19.7 Å². The maximum atomic E-state index is 9.53. The molecule has 6 nitrogen and oxygen atoms in total. The van der Waals surface area contributed by atoms with Crippen molar-refractivity contribution < 1.29 is 5.11 Å². The minimum atomic E-state index is 0. The van der Waals surface area contributed by atoms with Gasteiger partial charge in [-0.3, -0.25) is 4.68 Å². The van der Waals surface area contributed by atoms with Crippen LogP contribution in [0.3, 0.4) is 0 Å². The van der Waals surface area contributed by atoms with Crippen LogP contribution in [0.4, 0.5) is 0 Å². The van der Waals surface area contributed by atoms with Crippen molar-refractivity contribution in [1.82, 2.24) is 20.4 Å². The molecule has 1 aliphatic carbocycles. The number of hydrogen-bond acceptors (Lipinski definition) is 3. The van der Waals surface area contributed by atoms with Crippen LogP contribution in [0.2, 0.25) is 0 Å². The molecule has 1 fully saturated rings. The topological polar surface area (TPSA) is 74.5 Å². The Morgan fingerprint density at radius 1 is 1.13 bits per heavy atom. The standard InChI is InChI=1S/C23H35N5O.HI/c1-2-24-22(26-19-23(13-14-29)11-7-4-8-12-23)25-15-21-16-27-28(18-21)17-20-9-5-3-6-10-20;/h3,5-6,9-10,16,18,29H,2,4,7-8,11-15,17,19H2,1H3,(H2,24,25,26);1H. The number of aromatic nitrogens is 2. The van der Waals surface area contributed by atoms with Gasteiger partial charge in [-0.1, -0.05) is 49.6 Å². The summed E-state index contributed by atoms with van der Waals surface area (Å²) in [5.74, 6) is 0.839. The van der Waals surface area contributed by atoms with Gasteiger partial charge in [0.05, 0.1) is 19.3 Å². The fraction of sp³-hybridized carbons (Fsp3) is 0.565. The van der Waals surface area contributed by atoms with Gasteiger partial charge in [-0.2, -0.15) is 5.10 Å². The summed E-state index contributed by atoms with van der Waals surface area (Å²) in [5.41, 5.74) is 2.53. The Hall–Kier alpha value is -1.61. The summed E-state index contributed by atoms with van der Waals surface area (Å²) in [5, 5.41) is 20.9. The van der Waals surface area contributed by atoms with Crippen molar-refractivity contribution in [3.8, 4) is 0 Å². The van der Waals surface area contributed by atoms with E-state index in [1.54, 1.807) is 0 Å². The lowest BCUT2D eigenvalue weighted by Crippen LogP contribution is -2.44. The number of nitrogens with zero attached hydrogens (tertiary/aromatic N) is 3. The molecule has 1 heterocycles. The third kappa shape index (κ3) is 7.58. The van der Waals surface area contributed by atoms with E-state index in [1.807, 2.05) is 29.1 Å². The van der Waals surface area contributed by atoms with E-state index in [1.165, 1.54) is 37.7 Å². The van der Waals surface area contributed by atoms with Crippen LogP contribution in [-0.2, 0) is 13.1 Å². The number of rotatable bonds is 9. The fourth-order valence-electron chi connectivity index (χ4n) is 4.18. The number of nitrogens with one attached hydrogen (secondary N) is 2. The molecule has 0 atom stereocenters. The van der Waals surface area contributed by atoms with E-state index in [4.69, 9.17) is 4.99 Å². The van der Waals surface area contributed by atoms with Crippen LogP contribution >= 0.6 is 24.0 Å². The summed E-state index contributed by atoms with van der Waals surface area (Å²) >= 11 is 0. The molecular formula is C23H36IN5O. The molecule has 3 rings (SSSR count). The van der Waals surface area contributed by atoms with Crippen LogP contribution < -0.4 is 10.6 Å². The van der Waals surface area contributed by atoms with Crippen LogP contribution in [0.25, 0.3) is 0 Å². The van der Waals surface area contributed by atoms with Gasteiger partial charge in [0.2, 0.25) is 0 Å². The van der Waals surface area contributed by atoms with E-state index in [2.05, 4.69) is 41.0 Å². The Morgan fingerprint density at radius 2 is 1.90 bits per heavy atom. The van der Waals surface area contributed by atoms with Gasteiger partial charge in [0.15, 0.2) is 5.96 Å². The van der Waals surface area contributed by atoms with Crippen molar-refractivity contribution in [3.05, 3.63) is 53.9 Å². The summed E-state index contributed by atoms with van der Waals surface area (Å²) in [6.07, 6.45) is 11.0. The third-order valence-corrected chi connectivity index (χ3v) is 5.83. The first-order chi connectivity index (χ1) is 14.2. The molecule has 7 heteroatoms. The zero-order chi connectivity index (χ0) is 20.4. The quantitative estimate of drug-likeness (QED) is 0.264. The second-order valence-corrected chi connectivity index (χ2v) is 8.11. The smallest absolute Gasteiger partial charge is 0.191 e. The van der Waals surface area contributed by atoms with Crippen molar-refractivity contribution >= 4 is 29.9 Å². The van der Waals surface area contributed by atoms with Gasteiger partial charge in [0.1, 0.15) is 0 Å². The monoisotopic (exact) mass is 525 g/mol. The van der Waals surface area contributed by atoms with Crippen LogP contribution in [0.15, 0.2) is 47.7 Å². The predicted molar refractivity (Wildman–Crippen MR) is 133 cm³/mol. The summed E-state index contributed by atoms with van der Waals surface area (Å²) in [4.78, 5) is 4.76. The van der Waals surface area contributed by atoms with Gasteiger partial charge in [0, 0.05) is 31.5 Å². The highest BCUT2D eigenvalue weighted by molar-refractivity contribution is 14.0. The van der Waals surface area contributed by atoms with Gasteiger partial charge in [0.25, 0.3) is 0 Å². The Labute approximate surface area is 197 Å². The minimum absolute atomic E-state index is 0. The Balaban J connectivity index is 0.00000320. The van der Waals surface area contributed by atoms with Crippen LogP contribution in [0, 0.1) is 5.41 Å². The molecule has 30 heavy (non-hydrogen) atoms. The van der Waals surface area contributed by atoms with Crippen molar-refractivity contribution in [2.24, 2.45) is 10.4 Å². The average molecular weight is 525 g/mol. The van der Waals surface area contributed by atoms with Gasteiger partial charge < -0.3 is 15.7 Å². The number of benzene rings is 1. The summed E-state index contributed by atoms with van der Waals surface area (Å²) < 4.78 is 1.96. The van der Waals surface area contributed by atoms with Gasteiger partial charge in [-0.05, 0) is 37.2 Å². The lowest BCUT2D eigenvalue weighted by Gasteiger charge is -2.37. The molecule has 0 amide bonds. The number of aliphatic hydroxyl groups is 1. The molecule has 0 radical (unpaired) electrons. The molecule has 1 aromatic carbocycles. The van der Waals surface area contributed by atoms with Crippen LogP contribution in [-0.4, -0.2) is 40.5 Å². The Morgan fingerprint density at radius 3 is 2.60 bits per heavy atom. The molecule has 166 valence electrons. The largest absolute Gasteiger partial charge is 0.396 e. The average Bonchev–Trinajstić information content (AvgIpc) is 3.19. The zero-order valence-corrected chi connectivity index (χ0v) is 20.3. The minimum Gasteiger partial charge on any atom is -0.396 e. The normalized spacial score (nSPS) is 16.0. The van der Waals surface area contributed by atoms with E-state index in [9.17, 15) is 5.11 Å². The summed E-state index contributed by atoms with van der Waals surface area (Å²) in [7, 11) is 0. The summed E-state index contributed by atoms with van der Waals surface area (Å²) in [6.45, 7) is 5.40. The van der Waals surface area contributed by atoms with Crippen LogP contribution in [0.1, 0.15) is 56.6 Å². The van der Waals surface area contributed by atoms with E-state index >= 15 is 0 Å². The number of guanidine groups is 1. The van der Waals surface area contributed by atoms with E-state index in [0.717, 1.165) is 37.6 Å². The second kappa shape index (κ2) is 12.9. The van der Waals surface area contributed by atoms with E-state index in [-0.39, 0.29) is 36.0 Å². The molecule has 1 aliphatic rings. The van der Waals surface area contributed by atoms with Crippen molar-refractivity contribution in [1.29, 1.82) is 0 Å². The van der Waals surface area contributed by atoms with E-state index < -0.39 is 0 Å². The fourth-order valence-corrected chi connectivity index (χ4v) is 4.18. The highest BCUT2D eigenvalue weighted by Crippen LogP contribution is 2.38. The van der Waals surface area contributed by atoms with Crippen molar-refractivity contribution in [2.45, 2.75) is 58.5 Å². The number of halogens is 1. The van der Waals surface area contributed by atoms with Crippen LogP contribution in [0.5, 0.6) is 0 Å². The first kappa shape index (κ1) is 24.7. The van der Waals surface area contributed by atoms with Gasteiger partial charge in [-0.25, -0.2) is 4.99 Å². The molecular weight excluding hydrogens is 489 g/mol. The first-order valence-corrected chi connectivity index (χ1v) is 10.9. The SMILES string of the molecule is CCNC(=NCc1cnn(Cc2ccccc2)c1)NCC1(CCO)CCCCC1.I. The molecule has 0 spiro atoms. The highest BCUT2D eigenvalue weighted by atomic mass is 127. The molecule has 2 aromatic rings. The molecule has 0 saturated heterocycles. The maximum absolute atomic E-state index is 9.53. The summed E-state index contributed by atoms with van der Waals surface area (Å²) in [6, 6.07) is 10.4. The molecule has 1 aromatic heterocycles. The lowest BCUT2D eigenvalue weighted by atomic mass is 9.72. The second-order valence-electron chi connectivity index (χ2n) is 8.11.